The highest BCUT2D eigenvalue weighted by Crippen LogP contribution is 2.35. The summed E-state index contributed by atoms with van der Waals surface area (Å²) in [4.78, 5) is 12.9. The van der Waals surface area contributed by atoms with Gasteiger partial charge in [0.1, 0.15) is 23.0 Å². The first-order valence-electron chi connectivity index (χ1n) is 5.99. The largest absolute Gasteiger partial charge is 0.369 e. The van der Waals surface area contributed by atoms with Crippen molar-refractivity contribution in [2.75, 3.05) is 11.9 Å². The molecular weight excluding hydrogens is 346 g/mol. The molecule has 2 aromatic rings. The third-order valence-electron chi connectivity index (χ3n) is 2.25. The van der Waals surface area contributed by atoms with Gasteiger partial charge in [-0.15, -0.1) is 0 Å². The number of hydrogen-bond donors (Lipinski definition) is 1. The van der Waals surface area contributed by atoms with Crippen molar-refractivity contribution in [2.24, 2.45) is 0 Å². The highest BCUT2D eigenvalue weighted by molar-refractivity contribution is 9.10. The van der Waals surface area contributed by atoms with Crippen molar-refractivity contribution in [3.63, 3.8) is 0 Å². The fourth-order valence-electron chi connectivity index (χ4n) is 1.30. The Labute approximate surface area is 129 Å². The lowest BCUT2D eigenvalue weighted by atomic mass is 10.4. The highest BCUT2D eigenvalue weighted by Gasteiger charge is 2.12. The summed E-state index contributed by atoms with van der Waals surface area (Å²) in [6.45, 7) is 5.05. The third-order valence-corrected chi connectivity index (χ3v) is 5.06. The normalized spacial score (nSPS) is 10.7. The Balaban J connectivity index is 2.15. The molecule has 0 aliphatic carbocycles. The number of aromatic nitrogens is 4. The van der Waals surface area contributed by atoms with Crippen LogP contribution in [0.4, 0.5) is 5.82 Å². The van der Waals surface area contributed by atoms with Crippen molar-refractivity contribution in [2.45, 2.75) is 36.1 Å². The van der Waals surface area contributed by atoms with Gasteiger partial charge >= 0.3 is 0 Å². The predicted octanol–water partition coefficient (Wildman–Crippen LogP) is 3.63. The molecule has 0 radical (unpaired) electrons. The van der Waals surface area contributed by atoms with Gasteiger partial charge in [-0.2, -0.15) is 4.37 Å². The van der Waals surface area contributed by atoms with E-state index in [2.05, 4.69) is 47.5 Å². The lowest BCUT2D eigenvalue weighted by molar-refractivity contribution is 0.943. The maximum atomic E-state index is 4.43. The van der Waals surface area contributed by atoms with E-state index in [1.165, 1.54) is 23.3 Å². The molecule has 1 N–H and O–H groups in total. The monoisotopic (exact) mass is 359 g/mol. The molecule has 0 unspecified atom stereocenters. The molecule has 0 aromatic carbocycles. The molecule has 0 fully saturated rings. The average molecular weight is 360 g/mol. The molecule has 2 aromatic heterocycles. The zero-order chi connectivity index (χ0) is 13.7. The number of hydrogen-bond acceptors (Lipinski definition) is 7. The van der Waals surface area contributed by atoms with Crippen LogP contribution in [-0.2, 0) is 6.42 Å². The molecule has 0 aliphatic rings. The first-order valence-corrected chi connectivity index (χ1v) is 8.37. The van der Waals surface area contributed by atoms with Gasteiger partial charge in [-0.25, -0.2) is 15.0 Å². The lowest BCUT2D eigenvalue weighted by Crippen LogP contribution is -2.03. The van der Waals surface area contributed by atoms with Crippen LogP contribution in [0.25, 0.3) is 0 Å². The van der Waals surface area contributed by atoms with E-state index in [1.807, 2.05) is 6.92 Å². The standard InChI is InChI=1S/C11H14BrN5S2/c1-3-5-13-9-8(12)10(15-6-14-9)18-11-16-7(4-2)17-19-11/h6H,3-5H2,1-2H3,(H,13,14,15). The van der Waals surface area contributed by atoms with Crippen LogP contribution in [0.5, 0.6) is 0 Å². The van der Waals surface area contributed by atoms with Crippen LogP contribution in [0.1, 0.15) is 26.1 Å². The summed E-state index contributed by atoms with van der Waals surface area (Å²) < 4.78 is 6.05. The van der Waals surface area contributed by atoms with Gasteiger partial charge in [-0.05, 0) is 45.6 Å². The van der Waals surface area contributed by atoms with Crippen LogP contribution in [0.2, 0.25) is 0 Å². The Morgan fingerprint density at radius 2 is 2.21 bits per heavy atom. The Kier molecular flexibility index (Phi) is 5.53. The van der Waals surface area contributed by atoms with Crippen LogP contribution in [-0.4, -0.2) is 25.9 Å². The van der Waals surface area contributed by atoms with Gasteiger partial charge in [0.05, 0.1) is 4.47 Å². The van der Waals surface area contributed by atoms with E-state index in [-0.39, 0.29) is 0 Å². The van der Waals surface area contributed by atoms with E-state index in [4.69, 9.17) is 0 Å². The van der Waals surface area contributed by atoms with Crippen LogP contribution in [0.3, 0.4) is 0 Å². The minimum Gasteiger partial charge on any atom is -0.369 e. The van der Waals surface area contributed by atoms with Gasteiger partial charge in [-0.1, -0.05) is 13.8 Å². The average Bonchev–Trinajstić information content (AvgIpc) is 2.87. The minimum atomic E-state index is 0.819. The Bertz CT molecular complexity index is 546. The summed E-state index contributed by atoms with van der Waals surface area (Å²) >= 11 is 6.45. The molecular formula is C11H14BrN5S2. The molecule has 19 heavy (non-hydrogen) atoms. The zero-order valence-corrected chi connectivity index (χ0v) is 13.9. The second kappa shape index (κ2) is 7.16. The molecule has 2 heterocycles. The summed E-state index contributed by atoms with van der Waals surface area (Å²) in [6, 6.07) is 0. The fourth-order valence-corrected chi connectivity index (χ4v) is 3.48. The number of halogens is 1. The number of nitrogens with one attached hydrogen (secondary N) is 1. The molecule has 0 bridgehead atoms. The Morgan fingerprint density at radius 1 is 1.37 bits per heavy atom. The van der Waals surface area contributed by atoms with Crippen molar-refractivity contribution < 1.29 is 0 Å². The predicted molar refractivity (Wildman–Crippen MR) is 81.9 cm³/mol. The van der Waals surface area contributed by atoms with Crippen molar-refractivity contribution in [1.29, 1.82) is 0 Å². The summed E-state index contributed by atoms with van der Waals surface area (Å²) in [5, 5.41) is 4.12. The second-order valence-electron chi connectivity index (χ2n) is 3.70. The van der Waals surface area contributed by atoms with E-state index >= 15 is 0 Å². The molecule has 0 spiro atoms. The minimum absolute atomic E-state index is 0.819. The van der Waals surface area contributed by atoms with Crippen molar-refractivity contribution in [1.82, 2.24) is 19.3 Å². The van der Waals surface area contributed by atoms with E-state index < -0.39 is 0 Å². The number of aryl methyl sites for hydroxylation is 1. The fraction of sp³-hybridized carbons (Fsp3) is 0.455. The van der Waals surface area contributed by atoms with Crippen molar-refractivity contribution in [3.8, 4) is 0 Å². The number of nitrogens with zero attached hydrogens (tertiary/aromatic N) is 4. The smallest absolute Gasteiger partial charge is 0.176 e. The second-order valence-corrected chi connectivity index (χ2v) is 6.48. The van der Waals surface area contributed by atoms with Gasteiger partial charge in [0.2, 0.25) is 0 Å². The maximum Gasteiger partial charge on any atom is 0.176 e. The van der Waals surface area contributed by atoms with Crippen molar-refractivity contribution >= 4 is 45.0 Å². The molecule has 8 heteroatoms. The maximum absolute atomic E-state index is 4.43. The molecule has 0 aliphatic heterocycles. The van der Waals surface area contributed by atoms with Crippen LogP contribution >= 0.6 is 39.2 Å². The van der Waals surface area contributed by atoms with Crippen LogP contribution < -0.4 is 5.32 Å². The van der Waals surface area contributed by atoms with E-state index in [9.17, 15) is 0 Å². The van der Waals surface area contributed by atoms with Crippen LogP contribution in [0.15, 0.2) is 20.2 Å². The summed E-state index contributed by atoms with van der Waals surface area (Å²) in [5.74, 6) is 1.70. The number of rotatable bonds is 6. The highest BCUT2D eigenvalue weighted by atomic mass is 79.9. The summed E-state index contributed by atoms with van der Waals surface area (Å²) in [6.07, 6.45) is 3.47. The SMILES string of the molecule is CCCNc1ncnc(Sc2nc(CC)ns2)c1Br. The van der Waals surface area contributed by atoms with Crippen LogP contribution in [0, 0.1) is 0 Å². The molecule has 0 saturated heterocycles. The van der Waals surface area contributed by atoms with Crippen molar-refractivity contribution in [3.05, 3.63) is 16.6 Å². The molecule has 0 atom stereocenters. The Hall–Kier alpha value is -0.730. The summed E-state index contributed by atoms with van der Waals surface area (Å²) in [5.41, 5.74) is 0. The van der Waals surface area contributed by atoms with Gasteiger partial charge in [0.15, 0.2) is 4.34 Å². The van der Waals surface area contributed by atoms with Gasteiger partial charge in [0, 0.05) is 13.0 Å². The summed E-state index contributed by atoms with van der Waals surface area (Å²) in [7, 11) is 0. The quantitative estimate of drug-likeness (QED) is 0.794. The van der Waals surface area contributed by atoms with Gasteiger partial charge < -0.3 is 5.32 Å². The molecule has 102 valence electrons. The van der Waals surface area contributed by atoms with E-state index in [0.29, 0.717) is 0 Å². The first-order chi connectivity index (χ1) is 9.24. The van der Waals surface area contributed by atoms with E-state index in [1.54, 1.807) is 6.33 Å². The Morgan fingerprint density at radius 3 is 2.89 bits per heavy atom. The molecule has 0 saturated carbocycles. The topological polar surface area (TPSA) is 63.6 Å². The molecule has 2 rings (SSSR count). The van der Waals surface area contributed by atoms with Gasteiger partial charge in [0.25, 0.3) is 0 Å². The van der Waals surface area contributed by atoms with Gasteiger partial charge in [-0.3, -0.25) is 0 Å². The third kappa shape index (κ3) is 3.87. The zero-order valence-electron chi connectivity index (χ0n) is 10.7. The first kappa shape index (κ1) is 14.7. The number of anilines is 1. The molecule has 5 nitrogen and oxygen atoms in total. The van der Waals surface area contributed by atoms with E-state index in [0.717, 1.165) is 44.9 Å². The lowest BCUT2D eigenvalue weighted by Gasteiger charge is -2.07. The molecule has 0 amide bonds.